The van der Waals surface area contributed by atoms with Crippen LogP contribution in [0.4, 0.5) is 0 Å². The second-order valence-corrected chi connectivity index (χ2v) is 10.1. The smallest absolute Gasteiger partial charge is 0.335 e. The Bertz CT molecular complexity index is 751. The van der Waals surface area contributed by atoms with Crippen LogP contribution < -0.4 is 5.63 Å². The van der Waals surface area contributed by atoms with E-state index in [0.29, 0.717) is 23.7 Å². The van der Waals surface area contributed by atoms with E-state index in [9.17, 15) is 15.0 Å². The van der Waals surface area contributed by atoms with Crippen LogP contribution in [0.5, 0.6) is 0 Å². The zero-order valence-corrected chi connectivity index (χ0v) is 16.3. The highest BCUT2D eigenvalue weighted by atomic mass is 16.4. The number of hydrogen-bond donors (Lipinski definition) is 2. The maximum atomic E-state index is 12.1. The third-order valence-electron chi connectivity index (χ3n) is 9.24. The summed E-state index contributed by atoms with van der Waals surface area (Å²) in [4.78, 5) is 11.4. The lowest BCUT2D eigenvalue weighted by atomic mass is 9.47. The highest BCUT2D eigenvalue weighted by Crippen LogP contribution is 2.68. The molecule has 5 rings (SSSR count). The van der Waals surface area contributed by atoms with Gasteiger partial charge in [0.25, 0.3) is 0 Å². The van der Waals surface area contributed by atoms with E-state index in [-0.39, 0.29) is 23.1 Å². The Kier molecular flexibility index (Phi) is 4.11. The lowest BCUT2D eigenvalue weighted by molar-refractivity contribution is -0.183. The van der Waals surface area contributed by atoms with Gasteiger partial charge in [0, 0.05) is 11.5 Å². The first-order valence-electron chi connectivity index (χ1n) is 10.9. The third-order valence-corrected chi connectivity index (χ3v) is 9.24. The Labute approximate surface area is 161 Å². The SMILES string of the molecule is C[C@]12CC[C@H]3C(CC[C@@H]4C[C@@H](O)CC[C@@H]43)[C@@]1(O)CC[C@@H]2c1ccc(=O)oc1. The summed E-state index contributed by atoms with van der Waals surface area (Å²) in [5.41, 5.74) is 0.00646. The molecule has 0 bridgehead atoms. The third kappa shape index (κ3) is 2.52. The van der Waals surface area contributed by atoms with E-state index >= 15 is 0 Å². The first kappa shape index (κ1) is 17.9. The van der Waals surface area contributed by atoms with Crippen LogP contribution >= 0.6 is 0 Å². The fraction of sp³-hybridized carbons (Fsp3) is 0.783. The van der Waals surface area contributed by atoms with E-state index in [1.165, 1.54) is 12.5 Å². The highest BCUT2D eigenvalue weighted by molar-refractivity contribution is 5.26. The van der Waals surface area contributed by atoms with Crippen molar-refractivity contribution in [3.05, 3.63) is 34.4 Å². The van der Waals surface area contributed by atoms with Gasteiger partial charge in [-0.15, -0.1) is 0 Å². The average molecular weight is 373 g/mol. The molecule has 0 aliphatic heterocycles. The second-order valence-electron chi connectivity index (χ2n) is 10.1. The Morgan fingerprint density at radius 1 is 1.04 bits per heavy atom. The molecule has 4 aliphatic carbocycles. The van der Waals surface area contributed by atoms with Crippen molar-refractivity contribution in [3.63, 3.8) is 0 Å². The van der Waals surface area contributed by atoms with Crippen LogP contribution in [-0.2, 0) is 0 Å². The molecule has 148 valence electrons. The Balaban J connectivity index is 1.45. The second kappa shape index (κ2) is 6.18. The summed E-state index contributed by atoms with van der Waals surface area (Å²) in [6.45, 7) is 2.28. The van der Waals surface area contributed by atoms with E-state index in [1.807, 2.05) is 6.07 Å². The molecule has 0 spiro atoms. The van der Waals surface area contributed by atoms with Crippen LogP contribution in [0.25, 0.3) is 0 Å². The molecular weight excluding hydrogens is 340 g/mol. The van der Waals surface area contributed by atoms with E-state index < -0.39 is 5.60 Å². The summed E-state index contributed by atoms with van der Waals surface area (Å²) in [5, 5.41) is 22.1. The molecule has 4 nitrogen and oxygen atoms in total. The van der Waals surface area contributed by atoms with Crippen molar-refractivity contribution < 1.29 is 14.6 Å². The van der Waals surface area contributed by atoms with Gasteiger partial charge >= 0.3 is 5.63 Å². The molecule has 4 heteroatoms. The van der Waals surface area contributed by atoms with Crippen molar-refractivity contribution in [2.24, 2.45) is 29.1 Å². The molecule has 1 heterocycles. The van der Waals surface area contributed by atoms with Gasteiger partial charge in [0.05, 0.1) is 18.0 Å². The minimum atomic E-state index is -0.613. The molecule has 0 radical (unpaired) electrons. The lowest BCUT2D eigenvalue weighted by Crippen LogP contribution is -2.59. The minimum Gasteiger partial charge on any atom is -0.431 e. The summed E-state index contributed by atoms with van der Waals surface area (Å²) >= 11 is 0. The molecule has 0 saturated heterocycles. The number of aliphatic hydroxyl groups is 2. The van der Waals surface area contributed by atoms with Crippen LogP contribution in [-0.4, -0.2) is 21.9 Å². The molecule has 1 aromatic heterocycles. The number of hydrogen-bond acceptors (Lipinski definition) is 4. The zero-order valence-electron chi connectivity index (χ0n) is 16.3. The maximum absolute atomic E-state index is 12.1. The topological polar surface area (TPSA) is 70.7 Å². The largest absolute Gasteiger partial charge is 0.431 e. The molecular formula is C23H32O4. The maximum Gasteiger partial charge on any atom is 0.335 e. The number of fused-ring (bicyclic) bond motifs is 5. The summed E-state index contributed by atoms with van der Waals surface area (Å²) < 4.78 is 5.15. The van der Waals surface area contributed by atoms with Crippen molar-refractivity contribution in [2.45, 2.75) is 82.3 Å². The molecule has 4 fully saturated rings. The van der Waals surface area contributed by atoms with Crippen LogP contribution in [0, 0.1) is 29.1 Å². The highest BCUT2D eigenvalue weighted by Gasteiger charge is 2.65. The fourth-order valence-corrected chi connectivity index (χ4v) is 7.91. The van der Waals surface area contributed by atoms with Crippen molar-refractivity contribution in [1.82, 2.24) is 0 Å². The Morgan fingerprint density at radius 2 is 1.89 bits per heavy atom. The lowest BCUT2D eigenvalue weighted by Gasteiger charge is -2.60. The van der Waals surface area contributed by atoms with Crippen LogP contribution in [0.15, 0.2) is 27.6 Å². The summed E-state index contributed by atoms with van der Waals surface area (Å²) in [6, 6.07) is 3.42. The monoisotopic (exact) mass is 372 g/mol. The van der Waals surface area contributed by atoms with Gasteiger partial charge in [0.1, 0.15) is 0 Å². The number of rotatable bonds is 1. The molecule has 2 N–H and O–H groups in total. The van der Waals surface area contributed by atoms with Gasteiger partial charge in [-0.2, -0.15) is 0 Å². The van der Waals surface area contributed by atoms with Gasteiger partial charge in [0.15, 0.2) is 0 Å². The summed E-state index contributed by atoms with van der Waals surface area (Å²) in [5.74, 6) is 2.60. The predicted molar refractivity (Wildman–Crippen MR) is 102 cm³/mol. The van der Waals surface area contributed by atoms with Gasteiger partial charge in [-0.25, -0.2) is 4.79 Å². The van der Waals surface area contributed by atoms with Crippen molar-refractivity contribution >= 4 is 0 Å². The Morgan fingerprint density at radius 3 is 2.67 bits per heavy atom. The van der Waals surface area contributed by atoms with Crippen molar-refractivity contribution in [2.75, 3.05) is 0 Å². The van der Waals surface area contributed by atoms with Crippen molar-refractivity contribution in [3.8, 4) is 0 Å². The van der Waals surface area contributed by atoms with Crippen LogP contribution in [0.2, 0.25) is 0 Å². The normalized spacial score (nSPS) is 49.1. The zero-order chi connectivity index (χ0) is 18.8. The molecule has 8 atom stereocenters. The molecule has 27 heavy (non-hydrogen) atoms. The van der Waals surface area contributed by atoms with E-state index in [1.54, 1.807) is 6.26 Å². The van der Waals surface area contributed by atoms with E-state index in [4.69, 9.17) is 4.42 Å². The summed E-state index contributed by atoms with van der Waals surface area (Å²) in [7, 11) is 0. The summed E-state index contributed by atoms with van der Waals surface area (Å²) in [6.07, 6.45) is 10.9. The van der Waals surface area contributed by atoms with Gasteiger partial charge in [0.2, 0.25) is 0 Å². The van der Waals surface area contributed by atoms with Gasteiger partial charge in [-0.3, -0.25) is 0 Å². The van der Waals surface area contributed by atoms with Crippen molar-refractivity contribution in [1.29, 1.82) is 0 Å². The molecule has 0 amide bonds. The van der Waals surface area contributed by atoms with Gasteiger partial charge < -0.3 is 14.6 Å². The van der Waals surface area contributed by atoms with Gasteiger partial charge in [-0.05, 0) is 99.0 Å². The molecule has 4 saturated carbocycles. The molecule has 1 aromatic rings. The van der Waals surface area contributed by atoms with Gasteiger partial charge in [-0.1, -0.05) is 6.92 Å². The number of aliphatic hydroxyl groups excluding tert-OH is 1. The van der Waals surface area contributed by atoms with Crippen LogP contribution in [0.3, 0.4) is 0 Å². The molecule has 4 aliphatic rings. The average Bonchev–Trinajstić information content (AvgIpc) is 2.94. The van der Waals surface area contributed by atoms with E-state index in [0.717, 1.165) is 56.9 Å². The molecule has 1 unspecified atom stereocenters. The first-order chi connectivity index (χ1) is 12.9. The van der Waals surface area contributed by atoms with E-state index in [2.05, 4.69) is 6.92 Å². The predicted octanol–water partition coefficient (Wildman–Crippen LogP) is 3.85. The molecule has 0 aromatic carbocycles. The van der Waals surface area contributed by atoms with Crippen LogP contribution in [0.1, 0.15) is 76.2 Å². The standard InChI is InChI=1S/C23H32O4/c1-22-10-8-18-17-5-4-16(24)12-14(17)2-6-20(18)23(22,26)11-9-19(22)15-3-7-21(25)27-13-15/h3,7,13-14,16-20,24,26H,2,4-6,8-12H2,1H3/t14-,16+,17+,18-,19-,20?,22-,23+/m1/s1. The fourth-order valence-electron chi connectivity index (χ4n) is 7.91. The Hall–Kier alpha value is -1.13. The quantitative estimate of drug-likeness (QED) is 0.785. The minimum absolute atomic E-state index is 0.108. The first-order valence-corrected chi connectivity index (χ1v) is 10.9.